The third-order valence-corrected chi connectivity index (χ3v) is 3.18. The lowest BCUT2D eigenvalue weighted by molar-refractivity contribution is -0.145. The van der Waals surface area contributed by atoms with Crippen LogP contribution in [0.25, 0.3) is 0 Å². The number of hydrogen-bond donors (Lipinski definition) is 3. The first-order valence-corrected chi connectivity index (χ1v) is 6.76. The third-order valence-electron chi connectivity index (χ3n) is 3.18. The van der Waals surface area contributed by atoms with E-state index < -0.39 is 11.5 Å². The van der Waals surface area contributed by atoms with E-state index in [-0.39, 0.29) is 12.7 Å². The van der Waals surface area contributed by atoms with Gasteiger partial charge in [-0.05, 0) is 38.1 Å². The van der Waals surface area contributed by atoms with Gasteiger partial charge in [-0.15, -0.1) is 0 Å². The van der Waals surface area contributed by atoms with Crippen molar-refractivity contribution in [1.29, 1.82) is 0 Å². The lowest BCUT2D eigenvalue weighted by atomic mass is 9.95. The minimum absolute atomic E-state index is 0.00661. The fourth-order valence-electron chi connectivity index (χ4n) is 2.15. The summed E-state index contributed by atoms with van der Waals surface area (Å²) in [4.78, 5) is 11.3. The molecule has 20 heavy (non-hydrogen) atoms. The van der Waals surface area contributed by atoms with E-state index in [4.69, 9.17) is 9.84 Å². The van der Waals surface area contributed by atoms with E-state index in [0.29, 0.717) is 18.7 Å². The molecule has 0 aliphatic rings. The summed E-state index contributed by atoms with van der Waals surface area (Å²) in [7, 11) is 0. The number of aliphatic hydroxyl groups is 1. The van der Waals surface area contributed by atoms with Gasteiger partial charge in [0.25, 0.3) is 0 Å². The maximum absolute atomic E-state index is 11.3. The Morgan fingerprint density at radius 3 is 2.45 bits per heavy atom. The van der Waals surface area contributed by atoms with Crippen LogP contribution < -0.4 is 10.1 Å². The SMILES string of the molecule is CCNC(C)(CC(C)Oc1ccc(CO)cc1)C(=O)O. The van der Waals surface area contributed by atoms with Crippen molar-refractivity contribution in [2.24, 2.45) is 0 Å². The summed E-state index contributed by atoms with van der Waals surface area (Å²) in [6.45, 7) is 5.96. The van der Waals surface area contributed by atoms with Crippen molar-refractivity contribution in [2.75, 3.05) is 6.54 Å². The predicted octanol–water partition coefficient (Wildman–Crippen LogP) is 1.79. The molecule has 2 atom stereocenters. The number of ether oxygens (including phenoxy) is 1. The lowest BCUT2D eigenvalue weighted by Crippen LogP contribution is -2.51. The van der Waals surface area contributed by atoms with Crippen molar-refractivity contribution in [3.63, 3.8) is 0 Å². The minimum Gasteiger partial charge on any atom is -0.491 e. The van der Waals surface area contributed by atoms with Crippen LogP contribution >= 0.6 is 0 Å². The maximum atomic E-state index is 11.3. The van der Waals surface area contributed by atoms with Gasteiger partial charge >= 0.3 is 5.97 Å². The molecule has 0 radical (unpaired) electrons. The molecule has 112 valence electrons. The molecule has 5 heteroatoms. The van der Waals surface area contributed by atoms with Crippen molar-refractivity contribution in [1.82, 2.24) is 5.32 Å². The highest BCUT2D eigenvalue weighted by molar-refractivity contribution is 5.78. The highest BCUT2D eigenvalue weighted by Crippen LogP contribution is 2.19. The number of benzene rings is 1. The largest absolute Gasteiger partial charge is 0.491 e. The van der Waals surface area contributed by atoms with Crippen LogP contribution in [-0.4, -0.2) is 34.4 Å². The van der Waals surface area contributed by atoms with Gasteiger partial charge in [0.05, 0.1) is 12.7 Å². The monoisotopic (exact) mass is 281 g/mol. The number of aliphatic hydroxyl groups excluding tert-OH is 1. The van der Waals surface area contributed by atoms with E-state index in [1.54, 1.807) is 31.2 Å². The van der Waals surface area contributed by atoms with E-state index in [2.05, 4.69) is 5.32 Å². The normalized spacial score (nSPS) is 15.4. The van der Waals surface area contributed by atoms with Gasteiger partial charge in [-0.25, -0.2) is 0 Å². The number of likely N-dealkylation sites (N-methyl/N-ethyl adjacent to an activating group) is 1. The summed E-state index contributed by atoms with van der Waals surface area (Å²) in [6.07, 6.45) is 0.118. The highest BCUT2D eigenvalue weighted by Gasteiger charge is 2.34. The second kappa shape index (κ2) is 7.26. The van der Waals surface area contributed by atoms with E-state index in [0.717, 1.165) is 5.56 Å². The molecule has 1 aromatic rings. The number of carbonyl (C=O) groups is 1. The molecule has 1 rings (SSSR count). The molecular weight excluding hydrogens is 258 g/mol. The van der Waals surface area contributed by atoms with E-state index in [9.17, 15) is 9.90 Å². The van der Waals surface area contributed by atoms with Crippen LogP contribution in [0.1, 0.15) is 32.8 Å². The molecule has 0 aromatic heterocycles. The standard InChI is InChI=1S/C15H23NO4/c1-4-16-15(3,14(18)19)9-11(2)20-13-7-5-12(10-17)6-8-13/h5-8,11,16-17H,4,9-10H2,1-3H3,(H,18,19). The van der Waals surface area contributed by atoms with Gasteiger partial charge < -0.3 is 20.3 Å². The average Bonchev–Trinajstić information content (AvgIpc) is 2.39. The van der Waals surface area contributed by atoms with Gasteiger partial charge in [-0.1, -0.05) is 19.1 Å². The van der Waals surface area contributed by atoms with Crippen LogP contribution in [0.5, 0.6) is 5.75 Å². The molecule has 3 N–H and O–H groups in total. The Balaban J connectivity index is 2.65. The molecule has 0 aliphatic carbocycles. The molecule has 0 saturated carbocycles. The maximum Gasteiger partial charge on any atom is 0.323 e. The predicted molar refractivity (Wildman–Crippen MR) is 76.8 cm³/mol. The first-order valence-electron chi connectivity index (χ1n) is 6.76. The van der Waals surface area contributed by atoms with Gasteiger partial charge in [-0.3, -0.25) is 4.79 Å². The van der Waals surface area contributed by atoms with Crippen molar-refractivity contribution in [2.45, 2.75) is 45.4 Å². The molecular formula is C15H23NO4. The molecule has 0 fully saturated rings. The molecule has 0 amide bonds. The van der Waals surface area contributed by atoms with Crippen molar-refractivity contribution in [3.8, 4) is 5.75 Å². The second-order valence-corrected chi connectivity index (χ2v) is 5.10. The second-order valence-electron chi connectivity index (χ2n) is 5.10. The smallest absolute Gasteiger partial charge is 0.323 e. The van der Waals surface area contributed by atoms with Crippen LogP contribution in [0.15, 0.2) is 24.3 Å². The van der Waals surface area contributed by atoms with Crippen LogP contribution in [0.4, 0.5) is 0 Å². The van der Waals surface area contributed by atoms with Crippen molar-refractivity contribution in [3.05, 3.63) is 29.8 Å². The summed E-state index contributed by atoms with van der Waals surface area (Å²) in [5.74, 6) is -0.218. The summed E-state index contributed by atoms with van der Waals surface area (Å²) >= 11 is 0. The summed E-state index contributed by atoms with van der Waals surface area (Å²) < 4.78 is 5.72. The zero-order valence-corrected chi connectivity index (χ0v) is 12.2. The van der Waals surface area contributed by atoms with E-state index in [1.165, 1.54) is 0 Å². The Hall–Kier alpha value is -1.59. The fraction of sp³-hybridized carbons (Fsp3) is 0.533. The van der Waals surface area contributed by atoms with Gasteiger partial charge in [-0.2, -0.15) is 0 Å². The molecule has 0 spiro atoms. The molecule has 5 nitrogen and oxygen atoms in total. The third kappa shape index (κ3) is 4.51. The van der Waals surface area contributed by atoms with Crippen LogP contribution in [-0.2, 0) is 11.4 Å². The molecule has 1 aromatic carbocycles. The van der Waals surface area contributed by atoms with Crippen LogP contribution in [0.2, 0.25) is 0 Å². The van der Waals surface area contributed by atoms with E-state index in [1.807, 2.05) is 13.8 Å². The average molecular weight is 281 g/mol. The summed E-state index contributed by atoms with van der Waals surface area (Å²) in [5, 5.41) is 21.3. The Morgan fingerprint density at radius 2 is 2.00 bits per heavy atom. The molecule has 0 heterocycles. The van der Waals surface area contributed by atoms with Crippen molar-refractivity contribution < 1.29 is 19.7 Å². The Morgan fingerprint density at radius 1 is 1.40 bits per heavy atom. The quantitative estimate of drug-likeness (QED) is 0.677. The van der Waals surface area contributed by atoms with Gasteiger partial charge in [0, 0.05) is 6.42 Å². The number of aliphatic carboxylic acids is 1. The summed E-state index contributed by atoms with van der Waals surface area (Å²) in [6, 6.07) is 7.10. The zero-order chi connectivity index (χ0) is 15.2. The van der Waals surface area contributed by atoms with Gasteiger partial charge in [0.2, 0.25) is 0 Å². The number of carboxylic acids is 1. The molecule has 0 aliphatic heterocycles. The number of nitrogens with one attached hydrogen (secondary N) is 1. The number of hydrogen-bond acceptors (Lipinski definition) is 4. The first kappa shape index (κ1) is 16.5. The van der Waals surface area contributed by atoms with E-state index >= 15 is 0 Å². The van der Waals surface area contributed by atoms with Gasteiger partial charge in [0.1, 0.15) is 11.3 Å². The Kier molecular flexibility index (Phi) is 5.98. The first-order chi connectivity index (χ1) is 9.41. The minimum atomic E-state index is -1.00. The molecule has 2 unspecified atom stereocenters. The molecule has 0 saturated heterocycles. The van der Waals surface area contributed by atoms with Crippen LogP contribution in [0.3, 0.4) is 0 Å². The highest BCUT2D eigenvalue weighted by atomic mass is 16.5. The molecule has 0 bridgehead atoms. The Bertz CT molecular complexity index is 432. The number of rotatable bonds is 8. The Labute approximate surface area is 119 Å². The van der Waals surface area contributed by atoms with Crippen molar-refractivity contribution >= 4 is 5.97 Å². The van der Waals surface area contributed by atoms with Crippen LogP contribution in [0, 0.1) is 0 Å². The summed E-state index contributed by atoms with van der Waals surface area (Å²) in [5.41, 5.74) is -0.188. The number of carboxylic acid groups (broad SMARTS) is 1. The fourth-order valence-corrected chi connectivity index (χ4v) is 2.15. The van der Waals surface area contributed by atoms with Gasteiger partial charge in [0.15, 0.2) is 0 Å². The zero-order valence-electron chi connectivity index (χ0n) is 12.2. The lowest BCUT2D eigenvalue weighted by Gasteiger charge is -2.29. The topological polar surface area (TPSA) is 78.8 Å².